The number of halogens is 4. The van der Waals surface area contributed by atoms with Crippen LogP contribution in [0.4, 0.5) is 23.4 Å². The van der Waals surface area contributed by atoms with Crippen LogP contribution in [0.5, 0.6) is 0 Å². The van der Waals surface area contributed by atoms with Crippen molar-refractivity contribution in [2.75, 3.05) is 31.1 Å². The van der Waals surface area contributed by atoms with Crippen molar-refractivity contribution < 1.29 is 27.2 Å². The second kappa shape index (κ2) is 9.92. The van der Waals surface area contributed by atoms with E-state index in [0.717, 1.165) is 12.1 Å². The number of hydrogen-bond acceptors (Lipinski definition) is 6. The van der Waals surface area contributed by atoms with Gasteiger partial charge in [-0.3, -0.25) is 24.4 Å². The predicted molar refractivity (Wildman–Crippen MR) is 147 cm³/mol. The summed E-state index contributed by atoms with van der Waals surface area (Å²) < 4.78 is 57.1. The third-order valence-corrected chi connectivity index (χ3v) is 7.74. The van der Waals surface area contributed by atoms with Gasteiger partial charge in [0.25, 0.3) is 17.7 Å². The first-order chi connectivity index (χ1) is 19.9. The monoisotopic (exact) mass is 583 g/mol. The number of fused-ring (bicyclic) bond motifs is 3. The number of aromatic nitrogens is 3. The molecule has 0 bridgehead atoms. The number of carbonyl (C=O) groups excluding carboxylic acids is 2. The van der Waals surface area contributed by atoms with Gasteiger partial charge in [-0.15, -0.1) is 0 Å². The van der Waals surface area contributed by atoms with Crippen LogP contribution in [-0.4, -0.2) is 79.7 Å². The smallest absolute Gasteiger partial charge is 0.283 e. The molecule has 5 heterocycles. The van der Waals surface area contributed by atoms with Crippen molar-refractivity contribution in [1.29, 1.82) is 0 Å². The van der Waals surface area contributed by atoms with Crippen molar-refractivity contribution in [3.8, 4) is 11.4 Å². The number of guanidine groups is 1. The molecule has 2 amide bonds. The van der Waals surface area contributed by atoms with Gasteiger partial charge in [0.15, 0.2) is 17.3 Å². The number of anilines is 1. The summed E-state index contributed by atoms with van der Waals surface area (Å²) in [5.74, 6) is -4.40. The van der Waals surface area contributed by atoms with E-state index >= 15 is 0 Å². The summed E-state index contributed by atoms with van der Waals surface area (Å²) in [7, 11) is 0. The topological polar surface area (TPSA) is 86.9 Å². The lowest BCUT2D eigenvalue weighted by Crippen LogP contribution is -2.51. The van der Waals surface area contributed by atoms with Gasteiger partial charge >= 0.3 is 0 Å². The number of benzene rings is 1. The zero-order chi connectivity index (χ0) is 30.0. The fourth-order valence-electron chi connectivity index (χ4n) is 5.64. The standard InChI is InChI=1S/C29H29F4N7O2/c1-4-38-26(42)22-24(40-16-28(2,3)36-27(38)40)39(15-17-5-6-19(30)20(31)13-17)23(35-22)18-7-10-34-21(14-18)25(41)37-11-8-29(32,33)9-12-37/h5-7,10,13-14H,4,8-9,11-12,15-16H2,1-3H3. The van der Waals surface area contributed by atoms with Crippen LogP contribution in [0.15, 0.2) is 41.5 Å². The maximum Gasteiger partial charge on any atom is 0.283 e. The summed E-state index contributed by atoms with van der Waals surface area (Å²) in [5.41, 5.74) is 0.569. The van der Waals surface area contributed by atoms with Crippen LogP contribution in [0, 0.1) is 11.6 Å². The zero-order valence-electron chi connectivity index (χ0n) is 23.4. The van der Waals surface area contributed by atoms with Crippen molar-refractivity contribution in [2.45, 2.75) is 51.6 Å². The minimum absolute atomic E-state index is 0.0330. The Labute approximate surface area is 239 Å². The molecule has 13 heteroatoms. The maximum atomic E-state index is 14.2. The first kappa shape index (κ1) is 27.9. The van der Waals surface area contributed by atoms with E-state index in [0.29, 0.717) is 41.8 Å². The largest absolute Gasteiger partial charge is 0.337 e. The van der Waals surface area contributed by atoms with Crippen molar-refractivity contribution in [3.63, 3.8) is 0 Å². The molecule has 220 valence electrons. The van der Waals surface area contributed by atoms with Gasteiger partial charge in [-0.05, 0) is 50.6 Å². The number of amides is 2. The Morgan fingerprint density at radius 1 is 1.05 bits per heavy atom. The number of hydrogen-bond donors (Lipinski definition) is 0. The van der Waals surface area contributed by atoms with Gasteiger partial charge < -0.3 is 9.47 Å². The summed E-state index contributed by atoms with van der Waals surface area (Å²) >= 11 is 0. The third-order valence-electron chi connectivity index (χ3n) is 7.74. The van der Waals surface area contributed by atoms with Gasteiger partial charge in [-0.25, -0.2) is 27.5 Å². The lowest BCUT2D eigenvalue weighted by molar-refractivity contribution is -0.0495. The second-order valence-electron chi connectivity index (χ2n) is 11.4. The number of likely N-dealkylation sites (tertiary alicyclic amines) is 1. The Balaban J connectivity index is 1.47. The molecule has 0 spiro atoms. The summed E-state index contributed by atoms with van der Waals surface area (Å²) in [6, 6.07) is 6.71. The van der Waals surface area contributed by atoms with Crippen molar-refractivity contribution in [2.24, 2.45) is 4.99 Å². The van der Waals surface area contributed by atoms with E-state index in [2.05, 4.69) is 4.98 Å². The van der Waals surface area contributed by atoms with Crippen molar-refractivity contribution >= 4 is 23.6 Å². The van der Waals surface area contributed by atoms with Gasteiger partial charge in [0, 0.05) is 44.2 Å². The average molecular weight is 584 g/mol. The second-order valence-corrected chi connectivity index (χ2v) is 11.4. The average Bonchev–Trinajstić information content (AvgIpc) is 3.47. The number of rotatable bonds is 5. The molecule has 0 radical (unpaired) electrons. The van der Waals surface area contributed by atoms with Crippen LogP contribution < -0.4 is 4.90 Å². The Morgan fingerprint density at radius 3 is 2.48 bits per heavy atom. The lowest BCUT2D eigenvalue weighted by atomic mass is 10.1. The molecular formula is C29H29F4N7O2. The highest BCUT2D eigenvalue weighted by Crippen LogP contribution is 2.39. The lowest BCUT2D eigenvalue weighted by Gasteiger charge is -2.34. The van der Waals surface area contributed by atoms with Crippen LogP contribution in [0.2, 0.25) is 0 Å². The highest BCUT2D eigenvalue weighted by atomic mass is 19.3. The van der Waals surface area contributed by atoms with Crippen molar-refractivity contribution in [3.05, 3.63) is 65.1 Å². The summed E-state index contributed by atoms with van der Waals surface area (Å²) in [5, 5.41) is 0. The van der Waals surface area contributed by atoms with Gasteiger partial charge in [-0.1, -0.05) is 6.07 Å². The quantitative estimate of drug-likeness (QED) is 0.411. The zero-order valence-corrected chi connectivity index (χ0v) is 23.4. The highest BCUT2D eigenvalue weighted by molar-refractivity contribution is 6.18. The van der Waals surface area contributed by atoms with Crippen LogP contribution in [0.3, 0.4) is 0 Å². The highest BCUT2D eigenvalue weighted by Gasteiger charge is 2.46. The molecule has 1 aromatic carbocycles. The van der Waals surface area contributed by atoms with Gasteiger partial charge in [0.1, 0.15) is 17.3 Å². The molecule has 3 aliphatic rings. The Morgan fingerprint density at radius 2 is 1.79 bits per heavy atom. The van der Waals surface area contributed by atoms with Gasteiger partial charge in [0.2, 0.25) is 5.96 Å². The van der Waals surface area contributed by atoms with Crippen LogP contribution in [0.25, 0.3) is 11.4 Å². The molecular weight excluding hydrogens is 554 g/mol. The van der Waals surface area contributed by atoms with E-state index in [-0.39, 0.29) is 36.9 Å². The predicted octanol–water partition coefficient (Wildman–Crippen LogP) is 4.57. The van der Waals surface area contributed by atoms with Gasteiger partial charge in [-0.2, -0.15) is 0 Å². The molecule has 3 aliphatic heterocycles. The molecule has 1 fully saturated rings. The van der Waals surface area contributed by atoms with E-state index < -0.39 is 41.8 Å². The molecule has 2 aromatic heterocycles. The number of imidazole rings is 1. The minimum Gasteiger partial charge on any atom is -0.337 e. The van der Waals surface area contributed by atoms with E-state index in [1.165, 1.54) is 23.2 Å². The Bertz CT molecular complexity index is 1620. The number of alkyl halides is 2. The van der Waals surface area contributed by atoms with E-state index in [1.54, 1.807) is 15.5 Å². The molecule has 0 N–H and O–H groups in total. The molecule has 0 atom stereocenters. The molecule has 6 rings (SSSR count). The fraction of sp³-hybridized carbons (Fsp3) is 0.414. The molecule has 0 aliphatic carbocycles. The van der Waals surface area contributed by atoms with Crippen LogP contribution >= 0.6 is 0 Å². The Kier molecular flexibility index (Phi) is 6.58. The number of aliphatic imine (C=N–C) groups is 1. The summed E-state index contributed by atoms with van der Waals surface area (Å²) in [6.07, 6.45) is 0.578. The number of nitrogens with zero attached hydrogens (tertiary/aromatic N) is 7. The first-order valence-electron chi connectivity index (χ1n) is 13.7. The normalized spacial score (nSPS) is 19.1. The number of pyridine rings is 1. The van der Waals surface area contributed by atoms with Crippen LogP contribution in [-0.2, 0) is 6.54 Å². The molecule has 9 nitrogen and oxygen atoms in total. The molecule has 42 heavy (non-hydrogen) atoms. The molecule has 0 unspecified atom stereocenters. The third kappa shape index (κ3) is 4.80. The van der Waals surface area contributed by atoms with E-state index in [4.69, 9.17) is 9.98 Å². The maximum absolute atomic E-state index is 14.2. The van der Waals surface area contributed by atoms with E-state index in [1.807, 2.05) is 25.7 Å². The molecule has 3 aromatic rings. The SMILES string of the molecule is CCN1C(=O)c2nc(-c3ccnc(C(=O)N4CCC(F)(F)CC4)c3)n(Cc3ccc(F)c(F)c3)c2N2CC(C)(C)N=C12. The van der Waals surface area contributed by atoms with Crippen LogP contribution in [0.1, 0.15) is 60.2 Å². The number of piperidine rings is 1. The number of carbonyl (C=O) groups is 2. The summed E-state index contributed by atoms with van der Waals surface area (Å²) in [6.45, 7) is 6.39. The minimum atomic E-state index is -2.80. The molecule has 1 saturated heterocycles. The van der Waals surface area contributed by atoms with Crippen molar-refractivity contribution in [1.82, 2.24) is 24.3 Å². The molecule has 0 saturated carbocycles. The van der Waals surface area contributed by atoms with E-state index in [9.17, 15) is 27.2 Å². The fourth-order valence-corrected chi connectivity index (χ4v) is 5.64. The van der Waals surface area contributed by atoms with Gasteiger partial charge in [0.05, 0.1) is 18.6 Å². The Hall–Kier alpha value is -4.29. The summed E-state index contributed by atoms with van der Waals surface area (Å²) in [4.78, 5) is 45.4. The first-order valence-corrected chi connectivity index (χ1v) is 13.7.